The van der Waals surface area contributed by atoms with Crippen molar-refractivity contribution in [3.05, 3.63) is 117 Å². The molecular weight excluding hydrogens is 540 g/mol. The third kappa shape index (κ3) is 8.69. The standard InChI is InChI=1S/C40H48N2O2/c1-27-13-11-15-36(31(27)5)35-22-21-33(23-30(35)4)25-41-39(43)17-9-7-8-10-18-40(44)42-26-34-20-19-29(3)38(24-34)37-16-12-14-28(2)32(37)6/h11-16,19-24H,7-10,17-18,25-26H2,1-6H3,(H,41,43)(H,42,44). The van der Waals surface area contributed by atoms with Gasteiger partial charge in [-0.05, 0) is 127 Å². The summed E-state index contributed by atoms with van der Waals surface area (Å²) in [6, 6.07) is 25.7. The largest absolute Gasteiger partial charge is 0.352 e. The molecule has 0 bridgehead atoms. The molecule has 4 aromatic carbocycles. The molecule has 0 atom stereocenters. The highest BCUT2D eigenvalue weighted by molar-refractivity contribution is 5.77. The third-order valence-electron chi connectivity index (χ3n) is 8.92. The minimum atomic E-state index is 0.0791. The van der Waals surface area contributed by atoms with Crippen LogP contribution in [0, 0.1) is 41.5 Å². The lowest BCUT2D eigenvalue weighted by Gasteiger charge is -2.14. The molecule has 4 heteroatoms. The van der Waals surface area contributed by atoms with E-state index in [4.69, 9.17) is 0 Å². The highest BCUT2D eigenvalue weighted by Gasteiger charge is 2.10. The van der Waals surface area contributed by atoms with Gasteiger partial charge < -0.3 is 10.6 Å². The van der Waals surface area contributed by atoms with Crippen LogP contribution in [0.25, 0.3) is 22.3 Å². The van der Waals surface area contributed by atoms with E-state index in [0.29, 0.717) is 25.9 Å². The molecule has 0 radical (unpaired) electrons. The lowest BCUT2D eigenvalue weighted by Crippen LogP contribution is -2.22. The minimum absolute atomic E-state index is 0.0791. The molecule has 0 unspecified atom stereocenters. The van der Waals surface area contributed by atoms with Crippen LogP contribution in [0.1, 0.15) is 83.0 Å². The number of nitrogens with one attached hydrogen (secondary N) is 2. The first-order valence-corrected chi connectivity index (χ1v) is 16.0. The van der Waals surface area contributed by atoms with Crippen molar-refractivity contribution >= 4 is 11.8 Å². The van der Waals surface area contributed by atoms with Crippen LogP contribution < -0.4 is 10.6 Å². The molecule has 0 saturated heterocycles. The zero-order valence-electron chi connectivity index (χ0n) is 27.4. The average Bonchev–Trinajstić information content (AvgIpc) is 3.00. The Morgan fingerprint density at radius 2 is 0.977 bits per heavy atom. The van der Waals surface area contributed by atoms with Gasteiger partial charge in [0.1, 0.15) is 0 Å². The van der Waals surface area contributed by atoms with Crippen LogP contribution in [0.4, 0.5) is 0 Å². The van der Waals surface area contributed by atoms with Gasteiger partial charge in [-0.2, -0.15) is 0 Å². The molecule has 230 valence electrons. The lowest BCUT2D eigenvalue weighted by atomic mass is 9.93. The predicted octanol–water partition coefficient (Wildman–Crippen LogP) is 9.14. The van der Waals surface area contributed by atoms with E-state index in [1.807, 2.05) is 0 Å². The number of carbonyl (C=O) groups excluding carboxylic acids is 2. The highest BCUT2D eigenvalue weighted by Crippen LogP contribution is 2.30. The van der Waals surface area contributed by atoms with Gasteiger partial charge in [-0.1, -0.05) is 79.6 Å². The van der Waals surface area contributed by atoms with Crippen molar-refractivity contribution in [2.45, 2.75) is 93.2 Å². The summed E-state index contributed by atoms with van der Waals surface area (Å²) in [5.41, 5.74) is 14.8. The third-order valence-corrected chi connectivity index (χ3v) is 8.92. The lowest BCUT2D eigenvalue weighted by molar-refractivity contribution is -0.122. The molecule has 2 amide bonds. The Morgan fingerprint density at radius 1 is 0.477 bits per heavy atom. The summed E-state index contributed by atoms with van der Waals surface area (Å²) in [7, 11) is 0. The average molecular weight is 589 g/mol. The van der Waals surface area contributed by atoms with Crippen molar-refractivity contribution in [2.24, 2.45) is 0 Å². The number of hydrogen-bond donors (Lipinski definition) is 2. The highest BCUT2D eigenvalue weighted by atomic mass is 16.2. The molecule has 0 aliphatic carbocycles. The Bertz CT molecular complexity index is 1620. The van der Waals surface area contributed by atoms with E-state index in [9.17, 15) is 9.59 Å². The van der Waals surface area contributed by atoms with E-state index >= 15 is 0 Å². The molecule has 0 fully saturated rings. The summed E-state index contributed by atoms with van der Waals surface area (Å²) in [4.78, 5) is 24.9. The number of carbonyl (C=O) groups is 2. The summed E-state index contributed by atoms with van der Waals surface area (Å²) in [6.45, 7) is 14.0. The topological polar surface area (TPSA) is 58.2 Å². The maximum absolute atomic E-state index is 12.5. The maximum atomic E-state index is 12.5. The number of aryl methyl sites for hydroxylation is 4. The Kier molecular flexibility index (Phi) is 11.5. The first-order valence-electron chi connectivity index (χ1n) is 16.0. The van der Waals surface area contributed by atoms with Gasteiger partial charge in [0.25, 0.3) is 0 Å². The fourth-order valence-corrected chi connectivity index (χ4v) is 5.80. The van der Waals surface area contributed by atoms with E-state index in [1.54, 1.807) is 0 Å². The van der Waals surface area contributed by atoms with E-state index in [1.165, 1.54) is 55.6 Å². The van der Waals surface area contributed by atoms with Crippen molar-refractivity contribution in [3.8, 4) is 22.3 Å². The van der Waals surface area contributed by atoms with Crippen molar-refractivity contribution in [1.29, 1.82) is 0 Å². The second-order valence-electron chi connectivity index (χ2n) is 12.3. The van der Waals surface area contributed by atoms with E-state index < -0.39 is 0 Å². The Morgan fingerprint density at radius 3 is 1.52 bits per heavy atom. The van der Waals surface area contributed by atoms with Crippen LogP contribution in [0.3, 0.4) is 0 Å². The number of hydrogen-bond acceptors (Lipinski definition) is 2. The zero-order valence-corrected chi connectivity index (χ0v) is 27.4. The van der Waals surface area contributed by atoms with Gasteiger partial charge in [0.15, 0.2) is 0 Å². The smallest absolute Gasteiger partial charge is 0.220 e. The van der Waals surface area contributed by atoms with Gasteiger partial charge in [-0.3, -0.25) is 9.59 Å². The van der Waals surface area contributed by atoms with Gasteiger partial charge in [-0.25, -0.2) is 0 Å². The summed E-state index contributed by atoms with van der Waals surface area (Å²) >= 11 is 0. The van der Waals surface area contributed by atoms with Crippen LogP contribution >= 0.6 is 0 Å². The van der Waals surface area contributed by atoms with Crippen LogP contribution in [0.15, 0.2) is 72.8 Å². The SMILES string of the molecule is Cc1cc(CNC(=O)CCCCCCC(=O)NCc2ccc(C)c(-c3cccc(C)c3C)c2)ccc1-c1cccc(C)c1C. The summed E-state index contributed by atoms with van der Waals surface area (Å²) < 4.78 is 0. The summed E-state index contributed by atoms with van der Waals surface area (Å²) in [6.07, 6.45) is 4.59. The van der Waals surface area contributed by atoms with E-state index in [-0.39, 0.29) is 11.8 Å². The molecule has 4 aromatic rings. The van der Waals surface area contributed by atoms with Crippen molar-refractivity contribution in [3.63, 3.8) is 0 Å². The molecule has 4 nitrogen and oxygen atoms in total. The Hall–Kier alpha value is -4.18. The number of rotatable bonds is 13. The van der Waals surface area contributed by atoms with Gasteiger partial charge >= 0.3 is 0 Å². The monoisotopic (exact) mass is 588 g/mol. The fraction of sp³-hybridized carbons (Fsp3) is 0.350. The molecule has 2 N–H and O–H groups in total. The van der Waals surface area contributed by atoms with E-state index in [2.05, 4.69) is 125 Å². The normalized spacial score (nSPS) is 11.0. The second kappa shape index (κ2) is 15.5. The van der Waals surface area contributed by atoms with E-state index in [0.717, 1.165) is 36.8 Å². The minimum Gasteiger partial charge on any atom is -0.352 e. The molecule has 0 heterocycles. The first kappa shape index (κ1) is 32.7. The predicted molar refractivity (Wildman–Crippen MR) is 184 cm³/mol. The molecule has 44 heavy (non-hydrogen) atoms. The quantitative estimate of drug-likeness (QED) is 0.153. The number of benzene rings is 4. The van der Waals surface area contributed by atoms with Gasteiger partial charge in [0, 0.05) is 25.9 Å². The number of unbranched alkanes of at least 4 members (excludes halogenated alkanes) is 3. The van der Waals surface area contributed by atoms with Crippen LogP contribution in [-0.4, -0.2) is 11.8 Å². The Balaban J connectivity index is 1.12. The molecular formula is C40H48N2O2. The first-order chi connectivity index (χ1) is 21.1. The van der Waals surface area contributed by atoms with Crippen LogP contribution in [0.5, 0.6) is 0 Å². The Labute approximate surface area is 264 Å². The molecule has 0 saturated carbocycles. The molecule has 0 spiro atoms. The van der Waals surface area contributed by atoms with Gasteiger partial charge in [0.2, 0.25) is 11.8 Å². The van der Waals surface area contributed by atoms with Gasteiger partial charge in [-0.15, -0.1) is 0 Å². The van der Waals surface area contributed by atoms with Crippen LogP contribution in [-0.2, 0) is 22.7 Å². The molecule has 0 aliphatic rings. The zero-order chi connectivity index (χ0) is 31.6. The van der Waals surface area contributed by atoms with Crippen molar-refractivity contribution < 1.29 is 9.59 Å². The second-order valence-corrected chi connectivity index (χ2v) is 12.3. The summed E-state index contributed by atoms with van der Waals surface area (Å²) in [5, 5.41) is 6.15. The van der Waals surface area contributed by atoms with Gasteiger partial charge in [0.05, 0.1) is 0 Å². The van der Waals surface area contributed by atoms with Crippen molar-refractivity contribution in [2.75, 3.05) is 0 Å². The van der Waals surface area contributed by atoms with Crippen molar-refractivity contribution in [1.82, 2.24) is 10.6 Å². The van der Waals surface area contributed by atoms with Crippen LogP contribution in [0.2, 0.25) is 0 Å². The molecule has 4 rings (SSSR count). The number of amides is 2. The maximum Gasteiger partial charge on any atom is 0.220 e. The fourth-order valence-electron chi connectivity index (χ4n) is 5.80. The molecule has 0 aliphatic heterocycles. The summed E-state index contributed by atoms with van der Waals surface area (Å²) in [5.74, 6) is 0.160. The molecule has 0 aromatic heterocycles.